The van der Waals surface area contributed by atoms with Gasteiger partial charge in [0.2, 0.25) is 0 Å². The van der Waals surface area contributed by atoms with Crippen molar-refractivity contribution >= 4 is 35.0 Å². The average molecular weight is 544 g/mol. The van der Waals surface area contributed by atoms with Crippen molar-refractivity contribution in [1.29, 1.82) is 0 Å². The molecular formula is C32H33NO7. The summed E-state index contributed by atoms with van der Waals surface area (Å²) in [5, 5.41) is 19.7. The molecule has 0 radical (unpaired) electrons. The molecule has 2 N–H and O–H groups in total. The molecule has 0 atom stereocenters. The van der Waals surface area contributed by atoms with E-state index in [1.54, 1.807) is 30.7 Å². The third-order valence-corrected chi connectivity index (χ3v) is 6.60. The van der Waals surface area contributed by atoms with Gasteiger partial charge in [0, 0.05) is 22.2 Å². The molecule has 0 fully saturated rings. The van der Waals surface area contributed by atoms with Crippen LogP contribution in [0.4, 0.5) is 0 Å². The SMILES string of the molecule is COc1ccc2c(c1C=Cc1ccc(OCCCCOc3ccccc3)cc1)c(CC(=O)O)c(C)n2CC(=O)O. The number of nitrogens with zero attached hydrogens (tertiary/aromatic N) is 1. The fourth-order valence-electron chi connectivity index (χ4n) is 4.66. The van der Waals surface area contributed by atoms with Crippen molar-refractivity contribution in [3.63, 3.8) is 0 Å². The van der Waals surface area contributed by atoms with E-state index in [1.165, 1.54) is 0 Å². The number of fused-ring (bicyclic) bond motifs is 1. The second-order valence-electron chi connectivity index (χ2n) is 9.31. The minimum atomic E-state index is -1.00. The van der Waals surface area contributed by atoms with Gasteiger partial charge in [-0.2, -0.15) is 0 Å². The molecule has 0 bridgehead atoms. The van der Waals surface area contributed by atoms with Crippen molar-refractivity contribution in [2.45, 2.75) is 32.7 Å². The van der Waals surface area contributed by atoms with E-state index in [2.05, 4.69) is 0 Å². The summed E-state index contributed by atoms with van der Waals surface area (Å²) in [4.78, 5) is 23.2. The van der Waals surface area contributed by atoms with Gasteiger partial charge in [0.05, 0.1) is 26.7 Å². The smallest absolute Gasteiger partial charge is 0.323 e. The van der Waals surface area contributed by atoms with Crippen molar-refractivity contribution in [2.75, 3.05) is 20.3 Å². The van der Waals surface area contributed by atoms with E-state index >= 15 is 0 Å². The van der Waals surface area contributed by atoms with E-state index in [-0.39, 0.29) is 13.0 Å². The highest BCUT2D eigenvalue weighted by molar-refractivity contribution is 5.99. The van der Waals surface area contributed by atoms with Gasteiger partial charge < -0.3 is 29.0 Å². The Morgan fingerprint density at radius 1 is 0.825 bits per heavy atom. The molecule has 1 heterocycles. The molecule has 0 saturated carbocycles. The van der Waals surface area contributed by atoms with Gasteiger partial charge >= 0.3 is 11.9 Å². The third-order valence-electron chi connectivity index (χ3n) is 6.60. The van der Waals surface area contributed by atoms with Crippen LogP contribution in [0.5, 0.6) is 17.2 Å². The zero-order chi connectivity index (χ0) is 28.5. The summed E-state index contributed by atoms with van der Waals surface area (Å²) in [7, 11) is 1.55. The van der Waals surface area contributed by atoms with Crippen LogP contribution in [0.2, 0.25) is 0 Å². The van der Waals surface area contributed by atoms with Gasteiger partial charge in [0.15, 0.2) is 0 Å². The Bertz CT molecular complexity index is 1490. The van der Waals surface area contributed by atoms with Crippen molar-refractivity contribution < 1.29 is 34.0 Å². The Morgan fingerprint density at radius 2 is 1.48 bits per heavy atom. The van der Waals surface area contributed by atoms with Gasteiger partial charge in [-0.05, 0) is 73.4 Å². The average Bonchev–Trinajstić information content (AvgIpc) is 3.20. The normalized spacial score (nSPS) is 11.2. The maximum absolute atomic E-state index is 11.7. The zero-order valence-corrected chi connectivity index (χ0v) is 22.6. The number of hydrogen-bond acceptors (Lipinski definition) is 5. The molecule has 0 unspecified atom stereocenters. The van der Waals surface area contributed by atoms with E-state index in [0.717, 1.165) is 29.9 Å². The largest absolute Gasteiger partial charge is 0.496 e. The van der Waals surface area contributed by atoms with Crippen LogP contribution in [0.25, 0.3) is 23.1 Å². The molecule has 0 spiro atoms. The number of ether oxygens (including phenoxy) is 3. The Kier molecular flexibility index (Phi) is 9.46. The quantitative estimate of drug-likeness (QED) is 0.147. The van der Waals surface area contributed by atoms with Crippen LogP contribution >= 0.6 is 0 Å². The summed E-state index contributed by atoms with van der Waals surface area (Å²) in [5.41, 5.74) is 3.44. The molecule has 4 rings (SSSR count). The first-order valence-electron chi connectivity index (χ1n) is 13.1. The molecule has 4 aromatic rings. The molecule has 40 heavy (non-hydrogen) atoms. The molecule has 8 nitrogen and oxygen atoms in total. The molecule has 0 amide bonds. The number of aliphatic carboxylic acids is 2. The number of rotatable bonds is 14. The van der Waals surface area contributed by atoms with E-state index in [1.807, 2.05) is 66.7 Å². The van der Waals surface area contributed by atoms with Gasteiger partial charge in [0.1, 0.15) is 23.8 Å². The van der Waals surface area contributed by atoms with Crippen LogP contribution in [-0.4, -0.2) is 47.0 Å². The maximum atomic E-state index is 11.7. The van der Waals surface area contributed by atoms with Crippen LogP contribution in [0.15, 0.2) is 66.7 Å². The molecule has 0 aliphatic carbocycles. The summed E-state index contributed by atoms with van der Waals surface area (Å²) >= 11 is 0. The van der Waals surface area contributed by atoms with E-state index < -0.39 is 11.9 Å². The Hall–Kier alpha value is -4.72. The zero-order valence-electron chi connectivity index (χ0n) is 22.6. The Labute approximate surface area is 233 Å². The Morgan fingerprint density at radius 3 is 2.08 bits per heavy atom. The second-order valence-corrected chi connectivity index (χ2v) is 9.31. The van der Waals surface area contributed by atoms with Gasteiger partial charge in [0.25, 0.3) is 0 Å². The molecule has 8 heteroatoms. The molecule has 208 valence electrons. The first kappa shape index (κ1) is 28.3. The first-order chi connectivity index (χ1) is 19.4. The summed E-state index contributed by atoms with van der Waals surface area (Å²) in [5.74, 6) is 0.212. The van der Waals surface area contributed by atoms with Crippen LogP contribution in [0.3, 0.4) is 0 Å². The lowest BCUT2D eigenvalue weighted by Crippen LogP contribution is -2.10. The summed E-state index contributed by atoms with van der Waals surface area (Å²) in [6.07, 6.45) is 5.32. The van der Waals surface area contributed by atoms with Gasteiger partial charge in [-0.1, -0.05) is 36.4 Å². The standard InChI is InChI=1S/C32H33NO7/c1-22-27(20-30(34)35)32-26(29(38-2)17-16-28(32)33(22)21-31(36)37)15-12-23-10-13-25(14-11-23)40-19-7-6-18-39-24-8-4-3-5-9-24/h3-5,8-17H,6-7,18-21H2,1-2H3,(H,34,35)(H,36,37). The van der Waals surface area contributed by atoms with E-state index in [0.29, 0.717) is 46.7 Å². The summed E-state index contributed by atoms with van der Waals surface area (Å²) in [6, 6.07) is 21.0. The monoisotopic (exact) mass is 543 g/mol. The maximum Gasteiger partial charge on any atom is 0.323 e. The molecular weight excluding hydrogens is 510 g/mol. The fourth-order valence-corrected chi connectivity index (χ4v) is 4.66. The lowest BCUT2D eigenvalue weighted by Gasteiger charge is -2.10. The third kappa shape index (κ3) is 7.02. The lowest BCUT2D eigenvalue weighted by molar-refractivity contribution is -0.138. The minimum Gasteiger partial charge on any atom is -0.496 e. The number of methoxy groups -OCH3 is 1. The Balaban J connectivity index is 1.46. The predicted octanol–water partition coefficient (Wildman–Crippen LogP) is 6.08. The van der Waals surface area contributed by atoms with E-state index in [9.17, 15) is 19.8 Å². The minimum absolute atomic E-state index is 0.229. The van der Waals surface area contributed by atoms with Crippen molar-refractivity contribution in [2.24, 2.45) is 0 Å². The molecule has 0 aliphatic rings. The number of carboxylic acid groups (broad SMARTS) is 2. The van der Waals surface area contributed by atoms with Crippen molar-refractivity contribution in [3.05, 3.63) is 89.1 Å². The highest BCUT2D eigenvalue weighted by Crippen LogP contribution is 2.36. The topological polar surface area (TPSA) is 107 Å². The number of carboxylic acids is 2. The van der Waals surface area contributed by atoms with Gasteiger partial charge in [-0.25, -0.2) is 0 Å². The fraction of sp³-hybridized carbons (Fsp3) is 0.250. The highest BCUT2D eigenvalue weighted by Gasteiger charge is 2.21. The summed E-state index contributed by atoms with van der Waals surface area (Å²) < 4.78 is 18.8. The molecule has 0 saturated heterocycles. The number of carbonyl (C=O) groups is 2. The number of aromatic nitrogens is 1. The predicted molar refractivity (Wildman–Crippen MR) is 154 cm³/mol. The van der Waals surface area contributed by atoms with Crippen LogP contribution in [0.1, 0.15) is 35.2 Å². The molecule has 3 aromatic carbocycles. The highest BCUT2D eigenvalue weighted by atomic mass is 16.5. The van der Waals surface area contributed by atoms with Crippen LogP contribution in [0, 0.1) is 6.92 Å². The van der Waals surface area contributed by atoms with Crippen molar-refractivity contribution in [3.8, 4) is 17.2 Å². The van der Waals surface area contributed by atoms with Crippen LogP contribution < -0.4 is 14.2 Å². The molecule has 0 aliphatic heterocycles. The molecule has 1 aromatic heterocycles. The first-order valence-corrected chi connectivity index (χ1v) is 13.1. The number of hydrogen-bond donors (Lipinski definition) is 2. The van der Waals surface area contributed by atoms with Crippen LogP contribution in [-0.2, 0) is 22.6 Å². The van der Waals surface area contributed by atoms with E-state index in [4.69, 9.17) is 14.2 Å². The number of para-hydroxylation sites is 1. The second kappa shape index (κ2) is 13.4. The number of benzene rings is 3. The van der Waals surface area contributed by atoms with Gasteiger partial charge in [-0.15, -0.1) is 0 Å². The van der Waals surface area contributed by atoms with Crippen molar-refractivity contribution in [1.82, 2.24) is 4.57 Å². The number of unbranched alkanes of at least 4 members (excludes halogenated alkanes) is 1. The van der Waals surface area contributed by atoms with Gasteiger partial charge in [-0.3, -0.25) is 9.59 Å². The summed E-state index contributed by atoms with van der Waals surface area (Å²) in [6.45, 7) is 2.71. The lowest BCUT2D eigenvalue weighted by atomic mass is 10.0.